The summed E-state index contributed by atoms with van der Waals surface area (Å²) in [4.78, 5) is 29.7. The fourth-order valence-electron chi connectivity index (χ4n) is 13.2. The molecule has 0 spiro atoms. The van der Waals surface area contributed by atoms with E-state index in [2.05, 4.69) is 77.6 Å². The zero-order valence-corrected chi connectivity index (χ0v) is 37.4. The van der Waals surface area contributed by atoms with Crippen molar-refractivity contribution >= 4 is 50.1 Å². The number of thiazole rings is 1. The smallest absolute Gasteiger partial charge is 0.355 e. The number of carboxylic acids is 1. The fraction of sp³-hybridized carbons (Fsp3) is 0.574. The van der Waals surface area contributed by atoms with Crippen molar-refractivity contribution in [1.29, 1.82) is 0 Å². The first-order chi connectivity index (χ1) is 29.2. The van der Waals surface area contributed by atoms with Crippen LogP contribution in [0.3, 0.4) is 0 Å². The lowest BCUT2D eigenvalue weighted by molar-refractivity contribution is -0.249. The average molecular weight is 845 g/mol. The molecule has 4 bridgehead atoms. The van der Waals surface area contributed by atoms with Crippen LogP contribution in [0.1, 0.15) is 99.9 Å². The number of hydrogen-bond donors (Lipinski definition) is 2. The van der Waals surface area contributed by atoms with Gasteiger partial charge in [-0.05, 0) is 120 Å². The van der Waals surface area contributed by atoms with Crippen molar-refractivity contribution in [2.75, 3.05) is 56.1 Å². The van der Waals surface area contributed by atoms with Crippen molar-refractivity contribution in [3.63, 3.8) is 0 Å². The number of carbonyl (C=O) groups is 1. The Balaban J connectivity index is 0.874. The lowest BCUT2D eigenvalue weighted by atomic mass is 9.39. The Hall–Kier alpha value is -4.50. The molecular formula is C47H60N10O3S. The summed E-state index contributed by atoms with van der Waals surface area (Å²) in [6.07, 6.45) is 10.5. The second-order valence-electron chi connectivity index (χ2n) is 20.2. The summed E-state index contributed by atoms with van der Waals surface area (Å²) in [5.74, 6) is 0.864. The van der Waals surface area contributed by atoms with E-state index in [4.69, 9.17) is 19.8 Å². The molecule has 1 aromatic carbocycles. The van der Waals surface area contributed by atoms with Crippen molar-refractivity contribution in [2.24, 2.45) is 16.2 Å². The first kappa shape index (κ1) is 40.6. The normalized spacial score (nSPS) is 27.6. The summed E-state index contributed by atoms with van der Waals surface area (Å²) < 4.78 is 10.4. The van der Waals surface area contributed by atoms with Gasteiger partial charge in [0.2, 0.25) is 0 Å². The molecule has 4 aromatic heterocycles. The van der Waals surface area contributed by atoms with Crippen LogP contribution in [0.15, 0.2) is 42.6 Å². The third-order valence-electron chi connectivity index (χ3n) is 14.7. The molecule has 2 aliphatic heterocycles. The predicted molar refractivity (Wildman–Crippen MR) is 240 cm³/mol. The molecule has 0 radical (unpaired) electrons. The maximum Gasteiger partial charge on any atom is 0.355 e. The van der Waals surface area contributed by atoms with Gasteiger partial charge in [-0.1, -0.05) is 37.3 Å². The van der Waals surface area contributed by atoms with Gasteiger partial charge in [0.1, 0.15) is 5.82 Å². The number of hydrogen-bond acceptors (Lipinski definition) is 12. The van der Waals surface area contributed by atoms with Crippen LogP contribution in [0, 0.1) is 30.1 Å². The first-order valence-electron chi connectivity index (χ1n) is 22.4. The van der Waals surface area contributed by atoms with Gasteiger partial charge in [-0.25, -0.2) is 14.8 Å². The Bertz CT molecular complexity index is 2440. The second kappa shape index (κ2) is 15.1. The zero-order valence-electron chi connectivity index (χ0n) is 36.6. The molecule has 2 unspecified atom stereocenters. The van der Waals surface area contributed by atoms with Gasteiger partial charge in [0.25, 0.3) is 0 Å². The van der Waals surface area contributed by atoms with Crippen LogP contribution in [0.4, 0.5) is 22.6 Å². The summed E-state index contributed by atoms with van der Waals surface area (Å²) >= 11 is 1.58. The Kier molecular flexibility index (Phi) is 10.0. The SMILES string of the molecule is Cc1c(Nc2nc3ccccc3s2)nnc2c1CCCN2c1ccc(-c2cnn(CC34CC5(C)CC(C)(C3)CC(OCCN3CCN(C(C)C)CC3)(C5)C4)c2C)c(C(=O)O)n1. The Morgan fingerprint density at radius 1 is 0.918 bits per heavy atom. The van der Waals surface area contributed by atoms with E-state index in [0.29, 0.717) is 35.6 Å². The number of pyridine rings is 1. The maximum absolute atomic E-state index is 13.0. The van der Waals surface area contributed by atoms with E-state index in [0.717, 1.165) is 116 Å². The number of aromatic carboxylic acids is 1. The Morgan fingerprint density at radius 2 is 1.69 bits per heavy atom. The monoisotopic (exact) mass is 844 g/mol. The highest BCUT2D eigenvalue weighted by Crippen LogP contribution is 2.72. The molecule has 14 heteroatoms. The van der Waals surface area contributed by atoms with Crippen LogP contribution in [0.25, 0.3) is 21.3 Å². The number of nitrogens with one attached hydrogen (secondary N) is 1. The minimum absolute atomic E-state index is 0.0128. The van der Waals surface area contributed by atoms with Crippen LogP contribution in [-0.2, 0) is 17.7 Å². The highest BCUT2D eigenvalue weighted by molar-refractivity contribution is 7.22. The topological polar surface area (TPSA) is 138 Å². The molecule has 4 aliphatic carbocycles. The first-order valence-corrected chi connectivity index (χ1v) is 23.2. The number of fused-ring (bicyclic) bond motifs is 2. The molecule has 2 atom stereocenters. The van der Waals surface area contributed by atoms with Crippen molar-refractivity contribution in [1.82, 2.24) is 39.7 Å². The van der Waals surface area contributed by atoms with Crippen LogP contribution in [-0.4, -0.2) is 108 Å². The molecule has 6 aliphatic rings. The molecule has 6 heterocycles. The van der Waals surface area contributed by atoms with E-state index in [1.165, 1.54) is 19.3 Å². The molecule has 322 valence electrons. The molecule has 5 fully saturated rings. The third-order valence-corrected chi connectivity index (χ3v) is 15.7. The number of benzene rings is 1. The zero-order chi connectivity index (χ0) is 42.3. The number of piperazine rings is 1. The second-order valence-corrected chi connectivity index (χ2v) is 21.2. The average Bonchev–Trinajstić information content (AvgIpc) is 3.79. The quantitative estimate of drug-likeness (QED) is 0.124. The van der Waals surface area contributed by atoms with Gasteiger partial charge in [0.05, 0.1) is 28.6 Å². The Labute approximate surface area is 362 Å². The number of nitrogens with zero attached hydrogens (tertiary/aromatic N) is 9. The summed E-state index contributed by atoms with van der Waals surface area (Å²) in [6, 6.07) is 12.5. The molecule has 5 aromatic rings. The van der Waals surface area contributed by atoms with Gasteiger partial charge in [0.15, 0.2) is 22.5 Å². The van der Waals surface area contributed by atoms with E-state index in [1.807, 2.05) is 41.4 Å². The lowest BCUT2D eigenvalue weighted by Gasteiger charge is -2.69. The fourth-order valence-corrected chi connectivity index (χ4v) is 14.0. The molecule has 11 rings (SSSR count). The number of aromatic nitrogens is 6. The van der Waals surface area contributed by atoms with Crippen molar-refractivity contribution < 1.29 is 14.6 Å². The largest absolute Gasteiger partial charge is 0.476 e. The van der Waals surface area contributed by atoms with E-state index in [1.54, 1.807) is 11.3 Å². The Morgan fingerprint density at radius 3 is 2.43 bits per heavy atom. The summed E-state index contributed by atoms with van der Waals surface area (Å²) in [7, 11) is 0. The number of carboxylic acid groups (broad SMARTS) is 1. The molecule has 13 nitrogen and oxygen atoms in total. The number of para-hydroxylation sites is 1. The molecule has 2 N–H and O–H groups in total. The van der Waals surface area contributed by atoms with Gasteiger partial charge in [0, 0.05) is 79.8 Å². The van der Waals surface area contributed by atoms with Gasteiger partial charge in [-0.15, -0.1) is 10.2 Å². The van der Waals surface area contributed by atoms with E-state index >= 15 is 0 Å². The molecule has 1 saturated heterocycles. The van der Waals surface area contributed by atoms with Crippen LogP contribution in [0.2, 0.25) is 0 Å². The van der Waals surface area contributed by atoms with Gasteiger partial charge < -0.3 is 20.1 Å². The molecule has 0 amide bonds. The van der Waals surface area contributed by atoms with Crippen molar-refractivity contribution in [2.45, 2.75) is 111 Å². The maximum atomic E-state index is 13.0. The van der Waals surface area contributed by atoms with Crippen molar-refractivity contribution in [3.05, 3.63) is 65.1 Å². The lowest BCUT2D eigenvalue weighted by Crippen LogP contribution is -2.64. The molecule has 61 heavy (non-hydrogen) atoms. The third kappa shape index (κ3) is 7.50. The predicted octanol–water partition coefficient (Wildman–Crippen LogP) is 8.65. The van der Waals surface area contributed by atoms with Crippen LogP contribution < -0.4 is 10.2 Å². The van der Waals surface area contributed by atoms with Gasteiger partial charge in [-0.3, -0.25) is 14.5 Å². The van der Waals surface area contributed by atoms with Crippen molar-refractivity contribution in [3.8, 4) is 11.1 Å². The summed E-state index contributed by atoms with van der Waals surface area (Å²) in [5.41, 5.74) is 5.81. The van der Waals surface area contributed by atoms with E-state index in [-0.39, 0.29) is 27.5 Å². The van der Waals surface area contributed by atoms with Crippen LogP contribution >= 0.6 is 11.3 Å². The highest BCUT2D eigenvalue weighted by atomic mass is 32.1. The number of ether oxygens (including phenoxy) is 1. The van der Waals surface area contributed by atoms with E-state index < -0.39 is 5.97 Å². The molecule has 4 saturated carbocycles. The molecular weight excluding hydrogens is 785 g/mol. The summed E-state index contributed by atoms with van der Waals surface area (Å²) in [6.45, 7) is 21.5. The van der Waals surface area contributed by atoms with Gasteiger partial charge in [-0.2, -0.15) is 5.10 Å². The highest BCUT2D eigenvalue weighted by Gasteiger charge is 2.66. The number of anilines is 4. The standard InChI is InChI=1S/C47H60N10O3S/c1-30(2)55-18-16-54(17-19-55)20-21-60-47-26-44(5)23-45(6,27-47)25-46(24-44,28-47)29-57-32(4)35(22-48-57)34-13-14-38(50-39(34)42(58)59)56-15-9-10-33-31(3)40(52-53-41(33)56)51-43-49-36-11-7-8-12-37(36)61-43/h7-8,11-14,22,30H,9-10,15-21,23-29H2,1-6H3,(H,58,59)(H,49,51,52). The van der Waals surface area contributed by atoms with Gasteiger partial charge >= 0.3 is 5.97 Å². The summed E-state index contributed by atoms with van der Waals surface area (Å²) in [5, 5.41) is 29.1. The minimum atomic E-state index is -1.07. The number of rotatable bonds is 12. The minimum Gasteiger partial charge on any atom is -0.476 e. The van der Waals surface area contributed by atoms with Crippen LogP contribution in [0.5, 0.6) is 0 Å². The van der Waals surface area contributed by atoms with E-state index in [9.17, 15) is 9.90 Å².